The first-order chi connectivity index (χ1) is 33.1. The predicted octanol–water partition coefficient (Wildman–Crippen LogP) is 13.4. The molecule has 0 saturated carbocycles. The third kappa shape index (κ3) is 12.1. The van der Waals surface area contributed by atoms with Gasteiger partial charge in [0.2, 0.25) is 0 Å². The summed E-state index contributed by atoms with van der Waals surface area (Å²) in [5, 5.41) is 10.7. The van der Waals surface area contributed by atoms with Crippen LogP contribution in [-0.2, 0) is 52.4 Å². The number of hydrogen-bond donors (Lipinski definition) is 0. The standard InChI is InChI=1S/4C17H15.2ClH.2Zr/c4*1-12-6-5-9-15(13(12)2)17-11-10-14-7-3-4-8-16(14)17;;;;/h4*3-11H,1-2H3;2*1H;;/q4*-1;;;2*+2/p-2. The summed E-state index contributed by atoms with van der Waals surface area (Å²) >= 11 is 0. The van der Waals surface area contributed by atoms with Gasteiger partial charge in [-0.25, -0.2) is 0 Å². The molecule has 12 aromatic carbocycles. The van der Waals surface area contributed by atoms with Crippen molar-refractivity contribution in [1.29, 1.82) is 0 Å². The molecule has 0 radical (unpaired) electrons. The molecule has 0 aliphatic heterocycles. The maximum absolute atomic E-state index is 2.23. The van der Waals surface area contributed by atoms with Crippen molar-refractivity contribution in [2.75, 3.05) is 0 Å². The number of aryl methyl sites for hydroxylation is 4. The molecule has 72 heavy (non-hydrogen) atoms. The van der Waals surface area contributed by atoms with E-state index in [2.05, 4.69) is 274 Å². The first-order valence-electron chi connectivity index (χ1n) is 23.9. The third-order valence-electron chi connectivity index (χ3n) is 14.3. The molecule has 0 aromatic heterocycles. The minimum absolute atomic E-state index is 0. The van der Waals surface area contributed by atoms with E-state index in [0.717, 1.165) is 0 Å². The molecule has 4 heteroatoms. The molecule has 0 aliphatic carbocycles. The summed E-state index contributed by atoms with van der Waals surface area (Å²) in [5.41, 5.74) is 21.7. The summed E-state index contributed by atoms with van der Waals surface area (Å²) in [5.74, 6) is 0. The Labute approximate surface area is 478 Å². The van der Waals surface area contributed by atoms with E-state index in [1.165, 1.54) is 132 Å². The van der Waals surface area contributed by atoms with Crippen LogP contribution in [0, 0.1) is 55.4 Å². The predicted molar refractivity (Wildman–Crippen MR) is 298 cm³/mol. The Morgan fingerprint density at radius 3 is 0.625 bits per heavy atom. The van der Waals surface area contributed by atoms with Crippen molar-refractivity contribution < 1.29 is 77.2 Å². The van der Waals surface area contributed by atoms with Gasteiger partial charge < -0.3 is 24.8 Å². The molecule has 0 heterocycles. The number of hydrogen-bond acceptors (Lipinski definition) is 0. The maximum atomic E-state index is 2.23. The Balaban J connectivity index is 0.000000175. The molecule has 0 fully saturated rings. The van der Waals surface area contributed by atoms with E-state index in [1.54, 1.807) is 0 Å². The molecule has 0 atom stereocenters. The normalized spacial score (nSPS) is 10.3. The van der Waals surface area contributed by atoms with E-state index < -0.39 is 0 Å². The molecule has 0 aliphatic rings. The van der Waals surface area contributed by atoms with E-state index in [1.807, 2.05) is 0 Å². The average molecular weight is 1130 g/mol. The quantitative estimate of drug-likeness (QED) is 0.154. The van der Waals surface area contributed by atoms with Crippen LogP contribution in [0.3, 0.4) is 0 Å². The summed E-state index contributed by atoms with van der Waals surface area (Å²) in [7, 11) is 0. The Morgan fingerprint density at radius 2 is 0.417 bits per heavy atom. The first kappa shape index (κ1) is 57.4. The van der Waals surface area contributed by atoms with Crippen LogP contribution in [0.4, 0.5) is 0 Å². The Morgan fingerprint density at radius 1 is 0.222 bits per heavy atom. The molecular formula is C68H60Cl2Zr2-2. The van der Waals surface area contributed by atoms with E-state index >= 15 is 0 Å². The summed E-state index contributed by atoms with van der Waals surface area (Å²) in [4.78, 5) is 0. The fraction of sp³-hybridized carbons (Fsp3) is 0.118. The topological polar surface area (TPSA) is 0 Å². The van der Waals surface area contributed by atoms with Crippen LogP contribution < -0.4 is 24.8 Å². The van der Waals surface area contributed by atoms with Gasteiger partial charge in [-0.1, -0.05) is 281 Å². The minimum Gasteiger partial charge on any atom is -1.00 e. The van der Waals surface area contributed by atoms with Crippen molar-refractivity contribution in [3.63, 3.8) is 0 Å². The molecule has 0 nitrogen and oxygen atoms in total. The van der Waals surface area contributed by atoms with Gasteiger partial charge in [-0.15, -0.1) is 97.1 Å². The van der Waals surface area contributed by atoms with Gasteiger partial charge >= 0.3 is 52.4 Å². The third-order valence-corrected chi connectivity index (χ3v) is 14.3. The van der Waals surface area contributed by atoms with Gasteiger partial charge in [-0.05, 0) is 27.7 Å². The van der Waals surface area contributed by atoms with Crippen LogP contribution in [0.1, 0.15) is 44.5 Å². The van der Waals surface area contributed by atoms with Crippen LogP contribution in [0.2, 0.25) is 0 Å². The minimum atomic E-state index is 0. The zero-order valence-corrected chi connectivity index (χ0v) is 49.0. The van der Waals surface area contributed by atoms with Gasteiger partial charge in [-0.3, -0.25) is 0 Å². The summed E-state index contributed by atoms with van der Waals surface area (Å²) in [6.45, 7) is 17.5. The number of fused-ring (bicyclic) bond motifs is 4. The van der Waals surface area contributed by atoms with Crippen LogP contribution in [-0.4, -0.2) is 0 Å². The van der Waals surface area contributed by atoms with Gasteiger partial charge in [0.1, 0.15) is 0 Å². The smallest absolute Gasteiger partial charge is 1.00 e. The Kier molecular flexibility index (Phi) is 20.7. The Hall–Kier alpha value is -5.45. The monoisotopic (exact) mass is 1130 g/mol. The van der Waals surface area contributed by atoms with Crippen molar-refractivity contribution in [2.24, 2.45) is 0 Å². The molecule has 0 N–H and O–H groups in total. The van der Waals surface area contributed by atoms with Gasteiger partial charge in [0.05, 0.1) is 0 Å². The van der Waals surface area contributed by atoms with Crippen LogP contribution in [0.5, 0.6) is 0 Å². The van der Waals surface area contributed by atoms with Gasteiger partial charge in [0.15, 0.2) is 0 Å². The zero-order valence-electron chi connectivity index (χ0n) is 42.5. The van der Waals surface area contributed by atoms with Crippen molar-refractivity contribution in [2.45, 2.75) is 55.4 Å². The molecule has 0 amide bonds. The van der Waals surface area contributed by atoms with Crippen LogP contribution in [0.15, 0.2) is 218 Å². The van der Waals surface area contributed by atoms with E-state index in [-0.39, 0.29) is 77.2 Å². The van der Waals surface area contributed by atoms with Crippen molar-refractivity contribution in [3.05, 3.63) is 263 Å². The second-order valence-electron chi connectivity index (χ2n) is 18.3. The molecule has 0 spiro atoms. The van der Waals surface area contributed by atoms with E-state index in [4.69, 9.17) is 0 Å². The Bertz CT molecular complexity index is 3200. The molecule has 12 rings (SSSR count). The van der Waals surface area contributed by atoms with Gasteiger partial charge in [-0.2, -0.15) is 0 Å². The fourth-order valence-corrected chi connectivity index (χ4v) is 9.71. The molecule has 12 aromatic rings. The largest absolute Gasteiger partial charge is 2.00 e. The van der Waals surface area contributed by atoms with E-state index in [9.17, 15) is 0 Å². The van der Waals surface area contributed by atoms with Crippen molar-refractivity contribution in [3.8, 4) is 44.5 Å². The first-order valence-corrected chi connectivity index (χ1v) is 23.9. The molecule has 0 saturated heterocycles. The molecular weight excluding hydrogens is 1070 g/mol. The summed E-state index contributed by atoms with van der Waals surface area (Å²) in [6.07, 6.45) is 0. The maximum Gasteiger partial charge on any atom is 2.00 e. The number of rotatable bonds is 4. The molecule has 0 unspecified atom stereocenters. The van der Waals surface area contributed by atoms with Crippen molar-refractivity contribution in [1.82, 2.24) is 0 Å². The van der Waals surface area contributed by atoms with Gasteiger partial charge in [0, 0.05) is 0 Å². The van der Waals surface area contributed by atoms with Gasteiger partial charge in [0.25, 0.3) is 0 Å². The average Bonchev–Trinajstić information content (AvgIpc) is 4.19. The summed E-state index contributed by atoms with van der Waals surface area (Å²) in [6, 6.07) is 78.1. The zero-order chi connectivity index (χ0) is 47.3. The van der Waals surface area contributed by atoms with Crippen LogP contribution >= 0.6 is 0 Å². The van der Waals surface area contributed by atoms with Crippen LogP contribution in [0.25, 0.3) is 87.6 Å². The fourth-order valence-electron chi connectivity index (χ4n) is 9.71. The second kappa shape index (κ2) is 26.0. The number of halogens is 2. The summed E-state index contributed by atoms with van der Waals surface area (Å²) < 4.78 is 0. The number of benzene rings is 8. The SMILES string of the molecule is Cc1cccc(-[c-]2ccc3ccccc32)c1C.Cc1cccc(-[c-]2ccc3ccccc32)c1C.Cc1cccc(-[c-]2ccc3ccccc32)c1C.Cc1cccc(-[c-]2ccc3ccccc32)c1C.[Cl-].[Cl-].[Zr+2].[Zr+2]. The molecule has 356 valence electrons. The van der Waals surface area contributed by atoms with E-state index in [0.29, 0.717) is 0 Å². The van der Waals surface area contributed by atoms with Crippen molar-refractivity contribution >= 4 is 43.1 Å². The molecule has 0 bridgehead atoms. The second-order valence-corrected chi connectivity index (χ2v) is 18.3.